The van der Waals surface area contributed by atoms with Crippen molar-refractivity contribution in [2.45, 2.75) is 31.2 Å². The summed E-state index contributed by atoms with van der Waals surface area (Å²) in [4.78, 5) is 23.8. The van der Waals surface area contributed by atoms with Gasteiger partial charge in [-0.15, -0.1) is 0 Å². The Morgan fingerprint density at radius 2 is 1.71 bits per heavy atom. The number of benzene rings is 2. The maximum absolute atomic E-state index is 13.7. The minimum atomic E-state index is -4.10. The van der Waals surface area contributed by atoms with Crippen molar-refractivity contribution in [3.8, 4) is 0 Å². The van der Waals surface area contributed by atoms with Gasteiger partial charge in [-0.25, -0.2) is 12.8 Å². The summed E-state index contributed by atoms with van der Waals surface area (Å²) >= 11 is 0. The lowest BCUT2D eigenvalue weighted by Gasteiger charge is -2.20. The molecule has 0 saturated heterocycles. The van der Waals surface area contributed by atoms with Gasteiger partial charge >= 0.3 is 0 Å². The topological polar surface area (TPSA) is 104 Å². The van der Waals surface area contributed by atoms with Crippen molar-refractivity contribution in [3.63, 3.8) is 0 Å². The molecule has 0 aliphatic rings. The Morgan fingerprint density at radius 3 is 2.36 bits per heavy atom. The number of hydrogen-bond donors (Lipinski definition) is 3. The Balaban J connectivity index is 2.11. The highest BCUT2D eigenvalue weighted by Crippen LogP contribution is 2.19. The molecule has 0 aromatic heterocycles. The van der Waals surface area contributed by atoms with E-state index < -0.39 is 27.3 Å². The first kappa shape index (κ1) is 21.4. The van der Waals surface area contributed by atoms with E-state index in [1.54, 1.807) is 0 Å². The minimum absolute atomic E-state index is 0.0555. The van der Waals surface area contributed by atoms with E-state index in [-0.39, 0.29) is 28.6 Å². The van der Waals surface area contributed by atoms with Gasteiger partial charge in [0.1, 0.15) is 5.82 Å². The molecule has 0 unspecified atom stereocenters. The summed E-state index contributed by atoms with van der Waals surface area (Å²) < 4.78 is 40.8. The number of carbonyl (C=O) groups is 2. The summed E-state index contributed by atoms with van der Waals surface area (Å²) in [6, 6.07) is 10.6. The van der Waals surface area contributed by atoms with Crippen LogP contribution in [0.1, 0.15) is 31.1 Å². The van der Waals surface area contributed by atoms with Crippen molar-refractivity contribution in [1.82, 2.24) is 10.6 Å². The highest BCUT2D eigenvalue weighted by atomic mass is 32.2. The molecule has 7 nitrogen and oxygen atoms in total. The third-order valence-corrected chi connectivity index (χ3v) is 4.81. The van der Waals surface area contributed by atoms with Crippen molar-refractivity contribution < 1.29 is 22.4 Å². The number of halogens is 1. The van der Waals surface area contributed by atoms with E-state index in [1.165, 1.54) is 36.4 Å². The van der Waals surface area contributed by atoms with Gasteiger partial charge in [-0.05, 0) is 51.1 Å². The quantitative estimate of drug-likeness (QED) is 0.683. The maximum atomic E-state index is 13.7. The smallest absolute Gasteiger partial charge is 0.262 e. The van der Waals surface area contributed by atoms with E-state index in [9.17, 15) is 22.4 Å². The van der Waals surface area contributed by atoms with Crippen LogP contribution in [-0.2, 0) is 14.8 Å². The second kappa shape index (κ2) is 8.39. The third kappa shape index (κ3) is 6.05. The zero-order chi connectivity index (χ0) is 20.9. The lowest BCUT2D eigenvalue weighted by molar-refractivity contribution is -0.121. The maximum Gasteiger partial charge on any atom is 0.262 e. The van der Waals surface area contributed by atoms with Crippen LogP contribution in [-0.4, -0.2) is 32.3 Å². The molecule has 0 spiro atoms. The molecular weight excluding hydrogens is 385 g/mol. The molecule has 0 aliphatic carbocycles. The predicted molar refractivity (Wildman–Crippen MR) is 104 cm³/mol. The molecule has 0 fully saturated rings. The fourth-order valence-electron chi connectivity index (χ4n) is 2.28. The number of sulfonamides is 1. The van der Waals surface area contributed by atoms with Gasteiger partial charge in [-0.1, -0.05) is 18.2 Å². The number of para-hydroxylation sites is 1. The zero-order valence-electron chi connectivity index (χ0n) is 15.7. The first-order valence-electron chi connectivity index (χ1n) is 8.44. The average Bonchev–Trinajstić information content (AvgIpc) is 2.60. The molecule has 28 heavy (non-hydrogen) atoms. The van der Waals surface area contributed by atoms with Crippen molar-refractivity contribution in [1.29, 1.82) is 0 Å². The van der Waals surface area contributed by atoms with E-state index in [4.69, 9.17) is 0 Å². The first-order chi connectivity index (χ1) is 13.0. The number of rotatable bonds is 6. The molecule has 150 valence electrons. The number of hydrogen-bond acceptors (Lipinski definition) is 4. The van der Waals surface area contributed by atoms with Gasteiger partial charge < -0.3 is 10.6 Å². The lowest BCUT2D eigenvalue weighted by atomic mass is 10.1. The highest BCUT2D eigenvalue weighted by molar-refractivity contribution is 7.92. The van der Waals surface area contributed by atoms with Crippen molar-refractivity contribution in [3.05, 3.63) is 59.9 Å². The van der Waals surface area contributed by atoms with Crippen LogP contribution >= 0.6 is 0 Å². The number of nitrogens with one attached hydrogen (secondary N) is 3. The molecule has 0 aliphatic heterocycles. The standard InChI is InChI=1S/C19H22FN3O4S/c1-19(2,3)22-17(24)12-21-18(25)13-7-6-8-14(11-13)28(26,27)23-16-10-5-4-9-15(16)20/h4-11,23H,12H2,1-3H3,(H,21,25)(H,22,24). The molecule has 0 heterocycles. The van der Waals surface area contributed by atoms with Crippen LogP contribution in [0.25, 0.3) is 0 Å². The van der Waals surface area contributed by atoms with Crippen LogP contribution in [0.15, 0.2) is 53.4 Å². The predicted octanol–water partition coefficient (Wildman–Crippen LogP) is 2.27. The summed E-state index contributed by atoms with van der Waals surface area (Å²) in [5.41, 5.74) is -0.579. The second-order valence-electron chi connectivity index (χ2n) is 7.09. The van der Waals surface area contributed by atoms with Gasteiger partial charge in [0.2, 0.25) is 5.91 Å². The zero-order valence-corrected chi connectivity index (χ0v) is 16.6. The molecule has 3 N–H and O–H groups in total. The van der Waals surface area contributed by atoms with E-state index >= 15 is 0 Å². The molecular formula is C19H22FN3O4S. The molecule has 0 bridgehead atoms. The Bertz CT molecular complexity index is 985. The fraction of sp³-hybridized carbons (Fsp3) is 0.263. The molecule has 9 heteroatoms. The van der Waals surface area contributed by atoms with Crippen LogP contribution in [0.2, 0.25) is 0 Å². The molecule has 2 aromatic carbocycles. The molecule has 2 amide bonds. The summed E-state index contributed by atoms with van der Waals surface area (Å²) in [6.45, 7) is 5.18. The normalized spacial score (nSPS) is 11.6. The van der Waals surface area contributed by atoms with Gasteiger partial charge in [0.25, 0.3) is 15.9 Å². The van der Waals surface area contributed by atoms with Gasteiger partial charge in [0.15, 0.2) is 0 Å². The molecule has 2 rings (SSSR count). The fourth-order valence-corrected chi connectivity index (χ4v) is 3.39. The van der Waals surface area contributed by atoms with Crippen LogP contribution in [0.3, 0.4) is 0 Å². The van der Waals surface area contributed by atoms with Crippen molar-refractivity contribution >= 4 is 27.5 Å². The van der Waals surface area contributed by atoms with E-state index in [0.717, 1.165) is 12.1 Å². The summed E-state index contributed by atoms with van der Waals surface area (Å²) in [7, 11) is -4.10. The van der Waals surface area contributed by atoms with Crippen LogP contribution in [0, 0.1) is 5.82 Å². The molecule has 0 radical (unpaired) electrons. The number of carbonyl (C=O) groups excluding carboxylic acids is 2. The third-order valence-electron chi connectivity index (χ3n) is 3.45. The van der Waals surface area contributed by atoms with Gasteiger partial charge in [0.05, 0.1) is 17.1 Å². The monoisotopic (exact) mass is 407 g/mol. The van der Waals surface area contributed by atoms with Crippen LogP contribution in [0.4, 0.5) is 10.1 Å². The largest absolute Gasteiger partial charge is 0.350 e. The Hall–Kier alpha value is -2.94. The number of anilines is 1. The van der Waals surface area contributed by atoms with E-state index in [1.807, 2.05) is 20.8 Å². The summed E-state index contributed by atoms with van der Waals surface area (Å²) in [5, 5.41) is 5.13. The van der Waals surface area contributed by atoms with Crippen LogP contribution < -0.4 is 15.4 Å². The van der Waals surface area contributed by atoms with Crippen LogP contribution in [0.5, 0.6) is 0 Å². The van der Waals surface area contributed by atoms with Crippen molar-refractivity contribution in [2.75, 3.05) is 11.3 Å². The van der Waals surface area contributed by atoms with E-state index in [0.29, 0.717) is 0 Å². The van der Waals surface area contributed by atoms with Gasteiger partial charge in [-0.2, -0.15) is 0 Å². The molecule has 0 saturated carbocycles. The Kier molecular flexibility index (Phi) is 6.40. The Labute approximate surface area is 163 Å². The first-order valence-corrected chi connectivity index (χ1v) is 9.93. The lowest BCUT2D eigenvalue weighted by Crippen LogP contribution is -2.45. The second-order valence-corrected chi connectivity index (χ2v) is 8.78. The number of amides is 2. The summed E-state index contributed by atoms with van der Waals surface area (Å²) in [6.07, 6.45) is 0. The molecule has 0 atom stereocenters. The SMILES string of the molecule is CC(C)(C)NC(=O)CNC(=O)c1cccc(S(=O)(=O)Nc2ccccc2F)c1. The summed E-state index contributed by atoms with van der Waals surface area (Å²) in [5.74, 6) is -1.69. The van der Waals surface area contributed by atoms with Crippen molar-refractivity contribution in [2.24, 2.45) is 0 Å². The highest BCUT2D eigenvalue weighted by Gasteiger charge is 2.19. The molecule has 2 aromatic rings. The minimum Gasteiger partial charge on any atom is -0.350 e. The Morgan fingerprint density at radius 1 is 1.04 bits per heavy atom. The van der Waals surface area contributed by atoms with E-state index in [2.05, 4.69) is 15.4 Å². The van der Waals surface area contributed by atoms with Gasteiger partial charge in [0, 0.05) is 11.1 Å². The van der Waals surface area contributed by atoms with Gasteiger partial charge in [-0.3, -0.25) is 14.3 Å². The average molecular weight is 407 g/mol.